The first-order chi connectivity index (χ1) is 6.05. The van der Waals surface area contributed by atoms with Crippen LogP contribution in [0.4, 0.5) is 0 Å². The molecule has 0 radical (unpaired) electrons. The Hall–Kier alpha value is -0.623. The van der Waals surface area contributed by atoms with Crippen molar-refractivity contribution >= 4 is 13.9 Å². The van der Waals surface area contributed by atoms with E-state index in [0.29, 0.717) is 12.2 Å². The first-order valence-corrected chi connectivity index (χ1v) is 8.36. The molecule has 1 heterocycles. The zero-order valence-corrected chi connectivity index (χ0v) is 9.47. The maximum atomic E-state index is 11.5. The molecule has 0 aromatic carbocycles. The molecule has 13 heavy (non-hydrogen) atoms. The van der Waals surface area contributed by atoms with Crippen molar-refractivity contribution in [2.24, 2.45) is 5.92 Å². The SMILES string of the molecule is C[Si]1(C)CCC(=O)C(CCC#N)C1. The van der Waals surface area contributed by atoms with Gasteiger partial charge in [-0.25, -0.2) is 0 Å². The Morgan fingerprint density at radius 3 is 2.92 bits per heavy atom. The van der Waals surface area contributed by atoms with Crippen molar-refractivity contribution in [3.63, 3.8) is 0 Å². The van der Waals surface area contributed by atoms with Gasteiger partial charge in [0.25, 0.3) is 0 Å². The maximum Gasteiger partial charge on any atom is 0.135 e. The highest BCUT2D eigenvalue weighted by Gasteiger charge is 2.34. The predicted octanol–water partition coefficient (Wildman–Crippen LogP) is 2.59. The highest BCUT2D eigenvalue weighted by atomic mass is 28.3. The van der Waals surface area contributed by atoms with E-state index in [0.717, 1.165) is 24.9 Å². The Bertz CT molecular complexity index is 242. The van der Waals surface area contributed by atoms with Gasteiger partial charge in [0, 0.05) is 26.8 Å². The fourth-order valence-electron chi connectivity index (χ4n) is 2.05. The van der Waals surface area contributed by atoms with Crippen LogP contribution in [-0.2, 0) is 4.79 Å². The van der Waals surface area contributed by atoms with Crippen LogP contribution in [0.15, 0.2) is 0 Å². The standard InChI is InChI=1S/C10H17NOSi/c1-13(2)7-5-10(12)9(8-13)4-3-6-11/h9H,3-5,7-8H2,1-2H3. The topological polar surface area (TPSA) is 40.9 Å². The molecular weight excluding hydrogens is 178 g/mol. The number of rotatable bonds is 2. The second-order valence-corrected chi connectivity index (χ2v) is 9.97. The highest BCUT2D eigenvalue weighted by molar-refractivity contribution is 6.78. The van der Waals surface area contributed by atoms with Crippen molar-refractivity contribution in [1.29, 1.82) is 5.26 Å². The second kappa shape index (κ2) is 4.06. The van der Waals surface area contributed by atoms with Crippen LogP contribution in [0.3, 0.4) is 0 Å². The third-order valence-corrected chi connectivity index (χ3v) is 6.11. The van der Waals surface area contributed by atoms with Crippen LogP contribution < -0.4 is 0 Å². The molecular formula is C10H17NOSi. The van der Waals surface area contributed by atoms with Crippen LogP contribution in [0.2, 0.25) is 25.2 Å². The molecule has 3 heteroatoms. The molecule has 2 nitrogen and oxygen atoms in total. The molecule has 0 bridgehead atoms. The summed E-state index contributed by atoms with van der Waals surface area (Å²) >= 11 is 0. The van der Waals surface area contributed by atoms with Crippen LogP contribution >= 0.6 is 0 Å². The molecule has 0 aromatic heterocycles. The summed E-state index contributed by atoms with van der Waals surface area (Å²) < 4.78 is 0. The van der Waals surface area contributed by atoms with Crippen molar-refractivity contribution in [2.45, 2.75) is 44.4 Å². The number of carbonyl (C=O) groups is 1. The van der Waals surface area contributed by atoms with E-state index in [1.165, 1.54) is 0 Å². The summed E-state index contributed by atoms with van der Waals surface area (Å²) in [7, 11) is -1.08. The van der Waals surface area contributed by atoms with Gasteiger partial charge in [0.2, 0.25) is 0 Å². The number of ketones is 1. The number of Topliss-reactive ketones (excluding diaryl/α,β-unsaturated/α-hetero) is 1. The van der Waals surface area contributed by atoms with Crippen molar-refractivity contribution in [2.75, 3.05) is 0 Å². The lowest BCUT2D eigenvalue weighted by molar-refractivity contribution is -0.122. The summed E-state index contributed by atoms with van der Waals surface area (Å²) in [5.41, 5.74) is 0. The van der Waals surface area contributed by atoms with Gasteiger partial charge < -0.3 is 0 Å². The van der Waals surface area contributed by atoms with Gasteiger partial charge in [-0.15, -0.1) is 0 Å². The molecule has 0 aliphatic carbocycles. The van der Waals surface area contributed by atoms with Gasteiger partial charge in [0.15, 0.2) is 0 Å². The van der Waals surface area contributed by atoms with Crippen molar-refractivity contribution in [3.8, 4) is 6.07 Å². The molecule has 1 saturated heterocycles. The van der Waals surface area contributed by atoms with Gasteiger partial charge in [-0.1, -0.05) is 19.1 Å². The number of hydrogen-bond donors (Lipinski definition) is 0. The fraction of sp³-hybridized carbons (Fsp3) is 0.800. The first kappa shape index (κ1) is 10.5. The average molecular weight is 195 g/mol. The molecule has 0 spiro atoms. The number of nitrogens with zero attached hydrogens (tertiary/aromatic N) is 1. The molecule has 1 aliphatic rings. The van der Waals surface area contributed by atoms with Crippen molar-refractivity contribution in [3.05, 3.63) is 0 Å². The Morgan fingerprint density at radius 2 is 2.31 bits per heavy atom. The summed E-state index contributed by atoms with van der Waals surface area (Å²) in [6, 6.07) is 4.38. The molecule has 0 aromatic rings. The normalized spacial score (nSPS) is 26.8. The Kier molecular flexibility index (Phi) is 3.26. The molecule has 0 saturated carbocycles. The predicted molar refractivity (Wildman–Crippen MR) is 55.1 cm³/mol. The van der Waals surface area contributed by atoms with E-state index in [4.69, 9.17) is 5.26 Å². The van der Waals surface area contributed by atoms with E-state index >= 15 is 0 Å². The third-order valence-electron chi connectivity index (χ3n) is 2.91. The van der Waals surface area contributed by atoms with Gasteiger partial charge in [-0.05, 0) is 12.5 Å². The van der Waals surface area contributed by atoms with Crippen LogP contribution in [0.25, 0.3) is 0 Å². The fourth-order valence-corrected chi connectivity index (χ4v) is 4.94. The lowest BCUT2D eigenvalue weighted by Gasteiger charge is -2.32. The van der Waals surface area contributed by atoms with Gasteiger partial charge in [-0.2, -0.15) is 5.26 Å². The van der Waals surface area contributed by atoms with E-state index < -0.39 is 8.07 Å². The van der Waals surface area contributed by atoms with Crippen LogP contribution in [-0.4, -0.2) is 13.9 Å². The molecule has 1 aliphatic heterocycles. The molecule has 0 amide bonds. The average Bonchev–Trinajstić information content (AvgIpc) is 2.07. The van der Waals surface area contributed by atoms with Gasteiger partial charge in [0.05, 0.1) is 6.07 Å². The minimum Gasteiger partial charge on any atom is -0.299 e. The molecule has 0 N–H and O–H groups in total. The molecule has 1 fully saturated rings. The smallest absolute Gasteiger partial charge is 0.135 e. The quantitative estimate of drug-likeness (QED) is 0.635. The van der Waals surface area contributed by atoms with Gasteiger partial charge >= 0.3 is 0 Å². The molecule has 1 atom stereocenters. The monoisotopic (exact) mass is 195 g/mol. The van der Waals surface area contributed by atoms with E-state index in [1.807, 2.05) is 0 Å². The zero-order valence-electron chi connectivity index (χ0n) is 8.47. The van der Waals surface area contributed by atoms with Gasteiger partial charge in [0.1, 0.15) is 5.78 Å². The summed E-state index contributed by atoms with van der Waals surface area (Å²) in [4.78, 5) is 11.5. The van der Waals surface area contributed by atoms with Crippen LogP contribution in [0.5, 0.6) is 0 Å². The van der Waals surface area contributed by atoms with Crippen molar-refractivity contribution in [1.82, 2.24) is 0 Å². The summed E-state index contributed by atoms with van der Waals surface area (Å²) in [5.74, 6) is 0.622. The Morgan fingerprint density at radius 1 is 1.62 bits per heavy atom. The van der Waals surface area contributed by atoms with E-state index in [-0.39, 0.29) is 5.92 Å². The number of carbonyl (C=O) groups excluding carboxylic acids is 1. The Balaban J connectivity index is 2.51. The zero-order chi connectivity index (χ0) is 9.90. The lowest BCUT2D eigenvalue weighted by Crippen LogP contribution is -2.37. The third kappa shape index (κ3) is 2.96. The van der Waals surface area contributed by atoms with Gasteiger partial charge in [-0.3, -0.25) is 4.79 Å². The minimum atomic E-state index is -1.08. The van der Waals surface area contributed by atoms with E-state index in [9.17, 15) is 4.79 Å². The lowest BCUT2D eigenvalue weighted by atomic mass is 9.98. The molecule has 1 rings (SSSR count). The number of hydrogen-bond acceptors (Lipinski definition) is 2. The second-order valence-electron chi connectivity index (χ2n) is 4.73. The Labute approximate surface area is 81.0 Å². The largest absolute Gasteiger partial charge is 0.299 e. The first-order valence-electron chi connectivity index (χ1n) is 4.95. The minimum absolute atomic E-state index is 0.218. The summed E-state index contributed by atoms with van der Waals surface area (Å²) in [6.45, 7) is 4.69. The van der Waals surface area contributed by atoms with E-state index in [1.54, 1.807) is 0 Å². The summed E-state index contributed by atoms with van der Waals surface area (Å²) in [5, 5.41) is 8.46. The molecule has 1 unspecified atom stereocenters. The molecule has 72 valence electrons. The van der Waals surface area contributed by atoms with E-state index in [2.05, 4.69) is 19.2 Å². The van der Waals surface area contributed by atoms with Crippen LogP contribution in [0, 0.1) is 17.2 Å². The van der Waals surface area contributed by atoms with Crippen molar-refractivity contribution < 1.29 is 4.79 Å². The highest BCUT2D eigenvalue weighted by Crippen LogP contribution is 2.32. The summed E-state index contributed by atoms with van der Waals surface area (Å²) in [6.07, 6.45) is 2.11. The van der Waals surface area contributed by atoms with Crippen LogP contribution in [0.1, 0.15) is 19.3 Å². The number of nitriles is 1. The maximum absolute atomic E-state index is 11.5.